The van der Waals surface area contributed by atoms with Crippen LogP contribution in [0, 0.1) is 6.92 Å². The van der Waals surface area contributed by atoms with Gasteiger partial charge in [-0.1, -0.05) is 6.42 Å². The molecule has 0 bridgehead atoms. The van der Waals surface area contributed by atoms with Crippen LogP contribution in [0.3, 0.4) is 0 Å². The Labute approximate surface area is 131 Å². The molecule has 1 N–H and O–H groups in total. The fourth-order valence-corrected chi connectivity index (χ4v) is 2.51. The summed E-state index contributed by atoms with van der Waals surface area (Å²) in [5.41, 5.74) is 3.17. The molecular weight excluding hydrogens is 276 g/mol. The lowest BCUT2D eigenvalue weighted by atomic mass is 10.1. The van der Waals surface area contributed by atoms with E-state index in [1.54, 1.807) is 14.0 Å². The summed E-state index contributed by atoms with van der Waals surface area (Å²) in [6.07, 6.45) is 5.58. The zero-order chi connectivity index (χ0) is 15.9. The fraction of sp³-hybridized carbons (Fsp3) is 0.444. The Hall–Kier alpha value is -2.10. The van der Waals surface area contributed by atoms with Crippen molar-refractivity contribution in [1.29, 1.82) is 0 Å². The van der Waals surface area contributed by atoms with Gasteiger partial charge in [0, 0.05) is 30.6 Å². The van der Waals surface area contributed by atoms with Crippen molar-refractivity contribution in [3.8, 4) is 5.75 Å². The zero-order valence-electron chi connectivity index (χ0n) is 13.6. The number of hydrogen-bond acceptors (Lipinski definition) is 4. The number of benzene rings is 1. The number of pyridine rings is 1. The van der Waals surface area contributed by atoms with Gasteiger partial charge in [0.15, 0.2) is 0 Å². The van der Waals surface area contributed by atoms with E-state index in [-0.39, 0.29) is 5.78 Å². The smallest absolute Gasteiger partial charge is 0.129 e. The second-order valence-electron chi connectivity index (χ2n) is 5.64. The maximum atomic E-state index is 10.9. The van der Waals surface area contributed by atoms with E-state index in [2.05, 4.69) is 17.2 Å². The maximum absolute atomic E-state index is 10.9. The Morgan fingerprint density at radius 3 is 2.82 bits per heavy atom. The molecule has 118 valence electrons. The van der Waals surface area contributed by atoms with Crippen LogP contribution in [0.1, 0.15) is 38.2 Å². The monoisotopic (exact) mass is 300 g/mol. The van der Waals surface area contributed by atoms with E-state index < -0.39 is 0 Å². The number of carbonyl (C=O) groups excluding carboxylic acids is 1. The highest BCUT2D eigenvalue weighted by Gasteiger charge is 2.07. The molecule has 2 rings (SSSR count). The number of Topliss-reactive ketones (excluding diaryl/α,β-unsaturated/α-hetero) is 1. The first-order valence-electron chi connectivity index (χ1n) is 7.78. The lowest BCUT2D eigenvalue weighted by molar-refractivity contribution is -0.117. The molecule has 0 saturated heterocycles. The van der Waals surface area contributed by atoms with Gasteiger partial charge in [0.1, 0.15) is 11.5 Å². The third-order valence-corrected chi connectivity index (χ3v) is 3.79. The quantitative estimate of drug-likeness (QED) is 0.745. The highest BCUT2D eigenvalue weighted by molar-refractivity contribution is 5.93. The Bertz CT molecular complexity index is 653. The summed E-state index contributed by atoms with van der Waals surface area (Å²) >= 11 is 0. The lowest BCUT2D eigenvalue weighted by Crippen LogP contribution is -2.04. The van der Waals surface area contributed by atoms with Crippen molar-refractivity contribution < 1.29 is 9.53 Å². The number of methoxy groups -OCH3 is 1. The van der Waals surface area contributed by atoms with Crippen LogP contribution in [0.25, 0.3) is 10.9 Å². The van der Waals surface area contributed by atoms with E-state index in [1.165, 1.54) is 5.56 Å². The van der Waals surface area contributed by atoms with Crippen LogP contribution < -0.4 is 10.1 Å². The van der Waals surface area contributed by atoms with Gasteiger partial charge in [-0.3, -0.25) is 4.98 Å². The molecule has 1 aromatic heterocycles. The number of rotatable bonds is 8. The number of aryl methyl sites for hydroxylation is 1. The second-order valence-corrected chi connectivity index (χ2v) is 5.64. The van der Waals surface area contributed by atoms with Crippen molar-refractivity contribution in [2.24, 2.45) is 0 Å². The minimum absolute atomic E-state index is 0.270. The van der Waals surface area contributed by atoms with Crippen LogP contribution in [-0.4, -0.2) is 24.4 Å². The summed E-state index contributed by atoms with van der Waals surface area (Å²) < 4.78 is 5.38. The number of carbonyl (C=O) groups is 1. The van der Waals surface area contributed by atoms with Crippen LogP contribution in [0.15, 0.2) is 24.4 Å². The molecule has 0 aliphatic rings. The van der Waals surface area contributed by atoms with Crippen LogP contribution >= 0.6 is 0 Å². The van der Waals surface area contributed by atoms with E-state index in [1.807, 2.05) is 24.4 Å². The van der Waals surface area contributed by atoms with Gasteiger partial charge in [0.25, 0.3) is 0 Å². The molecule has 0 fully saturated rings. The van der Waals surface area contributed by atoms with Gasteiger partial charge in [-0.25, -0.2) is 0 Å². The van der Waals surface area contributed by atoms with Crippen molar-refractivity contribution in [2.45, 2.75) is 39.5 Å². The predicted octanol–water partition coefficient (Wildman–Crippen LogP) is 4.11. The van der Waals surface area contributed by atoms with Gasteiger partial charge in [0.05, 0.1) is 18.3 Å². The summed E-state index contributed by atoms with van der Waals surface area (Å²) in [5.74, 6) is 1.11. The number of ketones is 1. The number of fused-ring (bicyclic) bond motifs is 1. The Morgan fingerprint density at radius 2 is 2.09 bits per heavy atom. The first-order valence-corrected chi connectivity index (χ1v) is 7.78. The van der Waals surface area contributed by atoms with E-state index >= 15 is 0 Å². The number of ether oxygens (including phenoxy) is 1. The average Bonchev–Trinajstić information content (AvgIpc) is 2.50. The lowest BCUT2D eigenvalue weighted by Gasteiger charge is -2.12. The topological polar surface area (TPSA) is 51.2 Å². The summed E-state index contributed by atoms with van der Waals surface area (Å²) in [7, 11) is 1.68. The predicted molar refractivity (Wildman–Crippen MR) is 90.7 cm³/mol. The standard InChI is InChI=1S/C18H24N2O2/c1-13-8-10-20-18-16(13)11-15(22-3)12-17(18)19-9-6-4-5-7-14(2)21/h8,10-12,19H,4-7,9H2,1-3H3. The number of anilines is 1. The Kier molecular flexibility index (Phi) is 5.75. The van der Waals surface area contributed by atoms with Gasteiger partial charge in [-0.05, 0) is 44.4 Å². The first-order chi connectivity index (χ1) is 10.6. The van der Waals surface area contributed by atoms with Crippen LogP contribution in [0.5, 0.6) is 5.75 Å². The molecule has 0 unspecified atom stereocenters. The highest BCUT2D eigenvalue weighted by Crippen LogP contribution is 2.29. The number of aromatic nitrogens is 1. The van der Waals surface area contributed by atoms with Gasteiger partial charge >= 0.3 is 0 Å². The fourth-order valence-electron chi connectivity index (χ4n) is 2.51. The maximum Gasteiger partial charge on any atom is 0.129 e. The Morgan fingerprint density at radius 1 is 1.27 bits per heavy atom. The minimum atomic E-state index is 0.270. The van der Waals surface area contributed by atoms with E-state index in [9.17, 15) is 4.79 Å². The number of nitrogens with zero attached hydrogens (tertiary/aromatic N) is 1. The molecular formula is C18H24N2O2. The first kappa shape index (κ1) is 16.3. The molecule has 1 aromatic carbocycles. The van der Waals surface area contributed by atoms with Crippen molar-refractivity contribution in [3.63, 3.8) is 0 Å². The molecule has 2 aromatic rings. The molecule has 0 spiro atoms. The van der Waals surface area contributed by atoms with Crippen molar-refractivity contribution in [1.82, 2.24) is 4.98 Å². The molecule has 0 aliphatic carbocycles. The van der Waals surface area contributed by atoms with Gasteiger partial charge in [-0.15, -0.1) is 0 Å². The third-order valence-electron chi connectivity index (χ3n) is 3.79. The summed E-state index contributed by atoms with van der Waals surface area (Å²) in [6.45, 7) is 4.60. The largest absolute Gasteiger partial charge is 0.497 e. The van der Waals surface area contributed by atoms with Gasteiger partial charge < -0.3 is 14.8 Å². The second kappa shape index (κ2) is 7.78. The van der Waals surface area contributed by atoms with Crippen LogP contribution in [-0.2, 0) is 4.79 Å². The SMILES string of the molecule is COc1cc(NCCCCCC(C)=O)c2nccc(C)c2c1. The number of hydrogen-bond donors (Lipinski definition) is 1. The van der Waals surface area contributed by atoms with E-state index in [0.29, 0.717) is 6.42 Å². The summed E-state index contributed by atoms with van der Waals surface area (Å²) in [4.78, 5) is 15.4. The molecule has 22 heavy (non-hydrogen) atoms. The number of unbranched alkanes of at least 4 members (excludes halogenated alkanes) is 2. The van der Waals surface area contributed by atoms with Crippen molar-refractivity contribution in [2.75, 3.05) is 19.0 Å². The molecule has 0 radical (unpaired) electrons. The minimum Gasteiger partial charge on any atom is -0.497 e. The normalized spacial score (nSPS) is 10.7. The molecule has 1 heterocycles. The van der Waals surface area contributed by atoms with Crippen LogP contribution in [0.4, 0.5) is 5.69 Å². The third kappa shape index (κ3) is 4.20. The van der Waals surface area contributed by atoms with Gasteiger partial charge in [0.2, 0.25) is 0 Å². The number of nitrogens with one attached hydrogen (secondary N) is 1. The van der Waals surface area contributed by atoms with Gasteiger partial charge in [-0.2, -0.15) is 0 Å². The highest BCUT2D eigenvalue weighted by atomic mass is 16.5. The van der Waals surface area contributed by atoms with E-state index in [4.69, 9.17) is 4.74 Å². The zero-order valence-corrected chi connectivity index (χ0v) is 13.6. The van der Waals surface area contributed by atoms with Crippen molar-refractivity contribution in [3.05, 3.63) is 30.0 Å². The average molecular weight is 300 g/mol. The van der Waals surface area contributed by atoms with E-state index in [0.717, 1.165) is 48.1 Å². The summed E-state index contributed by atoms with van der Waals surface area (Å²) in [5, 5.41) is 4.56. The molecule has 0 saturated carbocycles. The summed E-state index contributed by atoms with van der Waals surface area (Å²) in [6, 6.07) is 6.02. The Balaban J connectivity index is 2.04. The molecule has 0 atom stereocenters. The van der Waals surface area contributed by atoms with Crippen LogP contribution in [0.2, 0.25) is 0 Å². The molecule has 0 amide bonds. The molecule has 0 aliphatic heterocycles. The molecule has 4 nitrogen and oxygen atoms in total. The van der Waals surface area contributed by atoms with Crippen molar-refractivity contribution >= 4 is 22.4 Å². The molecule has 4 heteroatoms.